The number of nitrogens with one attached hydrogen (secondary N) is 2. The number of nitrogens with zero attached hydrogens (tertiary/aromatic N) is 3. The van der Waals surface area contributed by atoms with Crippen molar-refractivity contribution < 1.29 is 17.9 Å². The zero-order chi connectivity index (χ0) is 26.6. The Balaban J connectivity index is 1.57. The second-order valence-corrected chi connectivity index (χ2v) is 12.0. The van der Waals surface area contributed by atoms with Gasteiger partial charge in [0.2, 0.25) is 5.95 Å². The third kappa shape index (κ3) is 6.44. The lowest BCUT2D eigenvalue weighted by Crippen LogP contribution is -2.21. The molecule has 4 rings (SSSR count). The van der Waals surface area contributed by atoms with Crippen molar-refractivity contribution in [1.82, 2.24) is 14.9 Å². The van der Waals surface area contributed by atoms with Crippen LogP contribution in [0, 0.1) is 0 Å². The van der Waals surface area contributed by atoms with Crippen LogP contribution in [-0.2, 0) is 9.84 Å². The first-order valence-electron chi connectivity index (χ1n) is 12.2. The molecule has 0 spiro atoms. The number of para-hydroxylation sites is 1. The number of benzene rings is 2. The molecule has 0 aliphatic carbocycles. The van der Waals surface area contributed by atoms with Gasteiger partial charge < -0.3 is 25.0 Å². The van der Waals surface area contributed by atoms with E-state index in [0.717, 1.165) is 25.3 Å². The van der Waals surface area contributed by atoms with Gasteiger partial charge in [0.1, 0.15) is 22.6 Å². The van der Waals surface area contributed by atoms with Gasteiger partial charge in [-0.3, -0.25) is 0 Å². The number of hydrogen-bond donors (Lipinski definition) is 2. The van der Waals surface area contributed by atoms with Crippen LogP contribution in [0.1, 0.15) is 27.2 Å². The number of hydrogen-bond acceptors (Lipinski definition) is 9. The minimum absolute atomic E-state index is 0.147. The van der Waals surface area contributed by atoms with Crippen molar-refractivity contribution in [2.45, 2.75) is 43.4 Å². The van der Waals surface area contributed by atoms with Crippen molar-refractivity contribution in [3.8, 4) is 11.5 Å². The van der Waals surface area contributed by atoms with Gasteiger partial charge in [-0.25, -0.2) is 13.4 Å². The third-order valence-corrected chi connectivity index (χ3v) is 8.45. The lowest BCUT2D eigenvalue weighted by molar-refractivity contribution is 0.207. The molecule has 1 aliphatic rings. The fraction of sp³-hybridized carbons (Fsp3) is 0.385. The Morgan fingerprint density at radius 3 is 2.65 bits per heavy atom. The van der Waals surface area contributed by atoms with E-state index in [1.807, 2.05) is 25.1 Å². The van der Waals surface area contributed by atoms with E-state index in [4.69, 9.17) is 21.1 Å². The molecule has 9 nitrogen and oxygen atoms in total. The number of aromatic nitrogens is 2. The number of halogens is 1. The summed E-state index contributed by atoms with van der Waals surface area (Å²) < 4.78 is 37.7. The van der Waals surface area contributed by atoms with E-state index in [0.29, 0.717) is 23.7 Å². The first-order valence-corrected chi connectivity index (χ1v) is 14.1. The van der Waals surface area contributed by atoms with E-state index in [1.54, 1.807) is 38.1 Å². The van der Waals surface area contributed by atoms with Crippen molar-refractivity contribution in [3.05, 3.63) is 53.7 Å². The number of anilines is 4. The molecule has 1 saturated heterocycles. The Kier molecular flexibility index (Phi) is 8.41. The highest BCUT2D eigenvalue weighted by Crippen LogP contribution is 2.34. The second-order valence-electron chi connectivity index (χ2n) is 9.11. The summed E-state index contributed by atoms with van der Waals surface area (Å²) in [6.07, 6.45) is 2.58. The van der Waals surface area contributed by atoms with Crippen molar-refractivity contribution in [2.75, 3.05) is 37.4 Å². The Bertz CT molecular complexity index is 1350. The molecule has 0 saturated carbocycles. The average Bonchev–Trinajstić information content (AvgIpc) is 3.27. The Morgan fingerprint density at radius 1 is 1.16 bits per heavy atom. The molecule has 3 aromatic rings. The van der Waals surface area contributed by atoms with Crippen LogP contribution in [0.4, 0.5) is 23.1 Å². The highest BCUT2D eigenvalue weighted by Gasteiger charge is 2.24. The molecule has 1 atom stereocenters. The maximum absolute atomic E-state index is 12.8. The van der Waals surface area contributed by atoms with Gasteiger partial charge >= 0.3 is 0 Å². The van der Waals surface area contributed by atoms with Crippen molar-refractivity contribution in [2.24, 2.45) is 0 Å². The van der Waals surface area contributed by atoms with Crippen LogP contribution < -0.4 is 20.1 Å². The summed E-state index contributed by atoms with van der Waals surface area (Å²) in [5.74, 6) is 1.88. The molecule has 0 unspecified atom stereocenters. The number of ether oxygens (including phenoxy) is 2. The molecular formula is C26H32ClN5O4S. The summed E-state index contributed by atoms with van der Waals surface area (Å²) in [5, 5.41) is 5.91. The van der Waals surface area contributed by atoms with Gasteiger partial charge in [0, 0.05) is 19.2 Å². The minimum atomic E-state index is -3.52. The zero-order valence-corrected chi connectivity index (χ0v) is 22.9. The molecule has 1 aromatic heterocycles. The van der Waals surface area contributed by atoms with Crippen LogP contribution in [0.2, 0.25) is 5.02 Å². The van der Waals surface area contributed by atoms with Gasteiger partial charge in [-0.1, -0.05) is 23.7 Å². The monoisotopic (exact) mass is 545 g/mol. The summed E-state index contributed by atoms with van der Waals surface area (Å²) >= 11 is 6.36. The largest absolute Gasteiger partial charge is 0.492 e. The lowest BCUT2D eigenvalue weighted by Gasteiger charge is -2.17. The normalized spacial score (nSPS) is 16.1. The molecule has 198 valence electrons. The maximum atomic E-state index is 12.8. The first-order chi connectivity index (χ1) is 17.7. The standard InChI is InChI=1S/C26H32ClN5O4S/c1-5-35-23-14-18(36-19-12-13-32(4)16-19)10-11-21(23)30-26-28-15-20(27)25(31-26)29-22-8-6-7-9-24(22)37(33,34)17(2)3/h6-11,14-15,17,19H,5,12-13,16H2,1-4H3,(H2,28,29,30,31)/t19-/m1/s1. The number of sulfone groups is 1. The van der Waals surface area contributed by atoms with E-state index >= 15 is 0 Å². The van der Waals surface area contributed by atoms with Gasteiger partial charge in [0.05, 0.1) is 34.3 Å². The molecule has 0 bridgehead atoms. The van der Waals surface area contributed by atoms with Gasteiger partial charge in [0.25, 0.3) is 0 Å². The predicted molar refractivity (Wildman–Crippen MR) is 147 cm³/mol. The Hall–Kier alpha value is -3.08. The molecule has 0 radical (unpaired) electrons. The Morgan fingerprint density at radius 2 is 1.95 bits per heavy atom. The molecule has 2 aromatic carbocycles. The SMILES string of the molecule is CCOc1cc(O[C@@H]2CCN(C)C2)ccc1Nc1ncc(Cl)c(Nc2ccccc2S(=O)(=O)C(C)C)n1. The summed E-state index contributed by atoms with van der Waals surface area (Å²) in [4.78, 5) is 11.2. The molecule has 1 aliphatic heterocycles. The fourth-order valence-electron chi connectivity index (χ4n) is 3.97. The van der Waals surface area contributed by atoms with E-state index in [9.17, 15) is 8.42 Å². The molecule has 1 fully saturated rings. The van der Waals surface area contributed by atoms with Crippen LogP contribution in [0.5, 0.6) is 11.5 Å². The third-order valence-electron chi connectivity index (χ3n) is 5.96. The highest BCUT2D eigenvalue weighted by atomic mass is 35.5. The van der Waals surface area contributed by atoms with Crippen molar-refractivity contribution >= 4 is 44.6 Å². The highest BCUT2D eigenvalue weighted by molar-refractivity contribution is 7.92. The van der Waals surface area contributed by atoms with Gasteiger partial charge in [0.15, 0.2) is 15.7 Å². The molecule has 0 amide bonds. The smallest absolute Gasteiger partial charge is 0.229 e. The summed E-state index contributed by atoms with van der Waals surface area (Å²) in [5.41, 5.74) is 1.05. The van der Waals surface area contributed by atoms with E-state index in [-0.39, 0.29) is 27.8 Å². The van der Waals surface area contributed by atoms with E-state index < -0.39 is 15.1 Å². The second kappa shape index (κ2) is 11.5. The maximum Gasteiger partial charge on any atom is 0.229 e. The van der Waals surface area contributed by atoms with E-state index in [1.165, 1.54) is 6.20 Å². The zero-order valence-electron chi connectivity index (χ0n) is 21.4. The molecule has 2 N–H and O–H groups in total. The van der Waals surface area contributed by atoms with Crippen molar-refractivity contribution in [1.29, 1.82) is 0 Å². The lowest BCUT2D eigenvalue weighted by atomic mass is 10.2. The van der Waals surface area contributed by atoms with Gasteiger partial charge in [-0.05, 0) is 58.5 Å². The summed E-state index contributed by atoms with van der Waals surface area (Å²) in [6, 6.07) is 12.3. The molecule has 2 heterocycles. The topological polar surface area (TPSA) is 106 Å². The van der Waals surface area contributed by atoms with Crippen LogP contribution in [0.15, 0.2) is 53.6 Å². The van der Waals surface area contributed by atoms with Crippen molar-refractivity contribution in [3.63, 3.8) is 0 Å². The quantitative estimate of drug-likeness (QED) is 0.352. The fourth-order valence-corrected chi connectivity index (χ4v) is 5.31. The van der Waals surface area contributed by atoms with Crippen LogP contribution in [-0.4, -0.2) is 61.4 Å². The molecular weight excluding hydrogens is 514 g/mol. The summed E-state index contributed by atoms with van der Waals surface area (Å²) in [6.45, 7) is 7.57. The average molecular weight is 546 g/mol. The predicted octanol–water partition coefficient (Wildman–Crippen LogP) is 5.28. The first kappa shape index (κ1) is 27.0. The van der Waals surface area contributed by atoms with Gasteiger partial charge in [-0.15, -0.1) is 0 Å². The van der Waals surface area contributed by atoms with E-state index in [2.05, 4.69) is 32.5 Å². The number of rotatable bonds is 10. The summed E-state index contributed by atoms with van der Waals surface area (Å²) in [7, 11) is -1.44. The molecule has 37 heavy (non-hydrogen) atoms. The van der Waals surface area contributed by atoms with Gasteiger partial charge in [-0.2, -0.15) is 4.98 Å². The number of likely N-dealkylation sites (tertiary alicyclic amines) is 1. The minimum Gasteiger partial charge on any atom is -0.492 e. The van der Waals surface area contributed by atoms with Crippen LogP contribution in [0.25, 0.3) is 0 Å². The van der Waals surface area contributed by atoms with Crippen LogP contribution >= 0.6 is 11.6 Å². The molecule has 11 heteroatoms. The Labute approximate surface area is 223 Å². The van der Waals surface area contributed by atoms with Crippen LogP contribution in [0.3, 0.4) is 0 Å². The number of likely N-dealkylation sites (N-methyl/N-ethyl adjacent to an activating group) is 1.